The molecule has 8 nitrogen and oxygen atoms in total. The summed E-state index contributed by atoms with van der Waals surface area (Å²) >= 11 is 0. The van der Waals surface area contributed by atoms with Crippen LogP contribution in [0.2, 0.25) is 0 Å². The first-order valence-corrected chi connectivity index (χ1v) is 6.98. The maximum atomic E-state index is 11.4. The number of non-ortho nitro benzene ring substituents is 1. The van der Waals surface area contributed by atoms with Crippen molar-refractivity contribution in [3.63, 3.8) is 0 Å². The predicted molar refractivity (Wildman–Crippen MR) is 87.0 cm³/mol. The van der Waals surface area contributed by atoms with Gasteiger partial charge >= 0.3 is 0 Å². The zero-order chi connectivity index (χ0) is 17.1. The van der Waals surface area contributed by atoms with Gasteiger partial charge in [0.25, 0.3) is 5.69 Å². The summed E-state index contributed by atoms with van der Waals surface area (Å²) in [5, 5.41) is 21.9. The highest BCUT2D eigenvalue weighted by molar-refractivity contribution is 5.92. The first-order chi connectivity index (χ1) is 11.6. The number of H-pyrrole nitrogens is 1. The molecule has 2 N–H and O–H groups in total. The lowest BCUT2D eigenvalue weighted by molar-refractivity contribution is -0.384. The normalized spacial score (nSPS) is 10.3. The van der Waals surface area contributed by atoms with Gasteiger partial charge in [0.1, 0.15) is 12.2 Å². The number of nitriles is 1. The van der Waals surface area contributed by atoms with Gasteiger partial charge < -0.3 is 10.3 Å². The average Bonchev–Trinajstić information content (AvgIpc) is 2.98. The van der Waals surface area contributed by atoms with E-state index in [1.807, 2.05) is 0 Å². The smallest absolute Gasteiger partial charge is 0.271 e. The first-order valence-electron chi connectivity index (χ1n) is 6.98. The summed E-state index contributed by atoms with van der Waals surface area (Å²) in [6.45, 7) is 0. The number of imidazole rings is 1. The number of hydrogen-bond acceptors (Lipinski definition) is 5. The number of amides is 1. The number of aromatic nitrogens is 2. The van der Waals surface area contributed by atoms with E-state index in [2.05, 4.69) is 15.3 Å². The summed E-state index contributed by atoms with van der Waals surface area (Å²) in [5.41, 5.74) is 2.54. The van der Waals surface area contributed by atoms with Crippen molar-refractivity contribution in [2.75, 3.05) is 5.32 Å². The second-order valence-electron chi connectivity index (χ2n) is 5.00. The molecule has 1 aromatic heterocycles. The number of hydrogen-bond donors (Lipinski definition) is 2. The van der Waals surface area contributed by atoms with E-state index in [0.29, 0.717) is 22.5 Å². The van der Waals surface area contributed by atoms with E-state index >= 15 is 0 Å². The Bertz CT molecular complexity index is 970. The molecule has 8 heteroatoms. The molecule has 1 amide bonds. The summed E-state index contributed by atoms with van der Waals surface area (Å²) in [6.07, 6.45) is -0.204. The van der Waals surface area contributed by atoms with Crippen molar-refractivity contribution in [2.24, 2.45) is 0 Å². The Hall–Kier alpha value is -3.73. The number of fused-ring (bicyclic) bond motifs is 1. The Morgan fingerprint density at radius 3 is 2.71 bits per heavy atom. The summed E-state index contributed by atoms with van der Waals surface area (Å²) < 4.78 is 0. The van der Waals surface area contributed by atoms with Crippen LogP contribution >= 0.6 is 0 Å². The summed E-state index contributed by atoms with van der Waals surface area (Å²) in [6, 6.07) is 13.1. The average molecular weight is 321 g/mol. The number of carbonyl (C=O) groups is 1. The Morgan fingerprint density at radius 2 is 2.04 bits per heavy atom. The van der Waals surface area contributed by atoms with Crippen molar-refractivity contribution >= 4 is 28.3 Å². The highest BCUT2D eigenvalue weighted by Crippen LogP contribution is 2.24. The molecule has 0 bridgehead atoms. The molecule has 3 rings (SSSR count). The molecule has 0 unspecified atom stereocenters. The standard InChI is InChI=1S/C16H11N5O3/c17-8-7-15(22)18-11-3-1-10(2-4-11)16-19-13-6-5-12(21(23)24)9-14(13)20-16/h1-6,9H,7H2,(H,18,22)(H,19,20). The number of aromatic amines is 1. The molecule has 0 atom stereocenters. The number of benzene rings is 2. The van der Waals surface area contributed by atoms with Gasteiger partial charge in [-0.3, -0.25) is 14.9 Å². The summed E-state index contributed by atoms with van der Waals surface area (Å²) in [5.74, 6) is 0.196. The minimum absolute atomic E-state index is 0.00625. The highest BCUT2D eigenvalue weighted by Gasteiger charge is 2.11. The van der Waals surface area contributed by atoms with Gasteiger partial charge in [0.15, 0.2) is 0 Å². The Morgan fingerprint density at radius 1 is 1.29 bits per heavy atom. The molecular formula is C16H11N5O3. The van der Waals surface area contributed by atoms with Gasteiger partial charge in [-0.1, -0.05) is 0 Å². The van der Waals surface area contributed by atoms with Crippen molar-refractivity contribution in [2.45, 2.75) is 6.42 Å². The van der Waals surface area contributed by atoms with E-state index in [1.165, 1.54) is 12.1 Å². The minimum atomic E-state index is -0.460. The molecule has 0 saturated heterocycles. The van der Waals surface area contributed by atoms with Crippen LogP contribution in [0.1, 0.15) is 6.42 Å². The van der Waals surface area contributed by atoms with Gasteiger partial charge in [-0.2, -0.15) is 5.26 Å². The molecule has 3 aromatic rings. The number of rotatable bonds is 4. The molecule has 24 heavy (non-hydrogen) atoms. The largest absolute Gasteiger partial charge is 0.338 e. The van der Waals surface area contributed by atoms with Crippen molar-refractivity contribution in [1.29, 1.82) is 5.26 Å². The molecule has 118 valence electrons. The summed E-state index contributed by atoms with van der Waals surface area (Å²) in [7, 11) is 0. The number of carbonyl (C=O) groups excluding carboxylic acids is 1. The van der Waals surface area contributed by atoms with Gasteiger partial charge in [-0.05, 0) is 30.3 Å². The van der Waals surface area contributed by atoms with E-state index in [9.17, 15) is 14.9 Å². The van der Waals surface area contributed by atoms with Gasteiger partial charge in [0.2, 0.25) is 5.91 Å². The number of anilines is 1. The van der Waals surface area contributed by atoms with Crippen LogP contribution in [0.3, 0.4) is 0 Å². The molecule has 0 aliphatic carbocycles. The first kappa shape index (κ1) is 15.2. The SMILES string of the molecule is N#CCC(=O)Nc1ccc(-c2nc3ccc([N+](=O)[O-])cc3[nH]2)cc1. The number of nitrogens with one attached hydrogen (secondary N) is 2. The lowest BCUT2D eigenvalue weighted by Gasteiger charge is -2.03. The molecule has 0 spiro atoms. The van der Waals surface area contributed by atoms with Crippen molar-refractivity contribution < 1.29 is 9.72 Å². The molecule has 2 aromatic carbocycles. The molecule has 0 saturated carbocycles. The fraction of sp³-hybridized carbons (Fsp3) is 0.0625. The molecule has 0 radical (unpaired) electrons. The van der Waals surface area contributed by atoms with E-state index < -0.39 is 4.92 Å². The lowest BCUT2D eigenvalue weighted by Crippen LogP contribution is -2.09. The minimum Gasteiger partial charge on any atom is -0.338 e. The predicted octanol–water partition coefficient (Wildman–Crippen LogP) is 2.99. The lowest BCUT2D eigenvalue weighted by atomic mass is 10.2. The molecular weight excluding hydrogens is 310 g/mol. The van der Waals surface area contributed by atoms with Crippen molar-refractivity contribution in [3.05, 3.63) is 52.6 Å². The molecule has 1 heterocycles. The Balaban J connectivity index is 1.86. The molecule has 0 aliphatic rings. The Labute approximate surface area is 135 Å². The third-order valence-corrected chi connectivity index (χ3v) is 3.36. The van der Waals surface area contributed by atoms with Gasteiger partial charge in [-0.25, -0.2) is 4.98 Å². The van der Waals surface area contributed by atoms with Crippen LogP contribution in [-0.4, -0.2) is 20.8 Å². The Kier molecular flexibility index (Phi) is 3.91. The second-order valence-corrected chi connectivity index (χ2v) is 5.00. The van der Waals surface area contributed by atoms with Crippen LogP contribution in [0.25, 0.3) is 22.4 Å². The fourth-order valence-corrected chi connectivity index (χ4v) is 2.24. The van der Waals surface area contributed by atoms with Gasteiger partial charge in [-0.15, -0.1) is 0 Å². The van der Waals surface area contributed by atoms with Crippen molar-refractivity contribution in [1.82, 2.24) is 9.97 Å². The van der Waals surface area contributed by atoms with Gasteiger partial charge in [0, 0.05) is 23.4 Å². The third kappa shape index (κ3) is 3.05. The van der Waals surface area contributed by atoms with E-state index in [-0.39, 0.29) is 18.0 Å². The van der Waals surface area contributed by atoms with Crippen LogP contribution in [0.15, 0.2) is 42.5 Å². The second kappa shape index (κ2) is 6.18. The highest BCUT2D eigenvalue weighted by atomic mass is 16.6. The third-order valence-electron chi connectivity index (χ3n) is 3.36. The van der Waals surface area contributed by atoms with Crippen LogP contribution in [0.5, 0.6) is 0 Å². The number of nitro benzene ring substituents is 1. The van der Waals surface area contributed by atoms with Crippen LogP contribution in [-0.2, 0) is 4.79 Å². The number of nitrogens with zero attached hydrogens (tertiary/aromatic N) is 3. The van der Waals surface area contributed by atoms with Crippen molar-refractivity contribution in [3.8, 4) is 17.5 Å². The van der Waals surface area contributed by atoms with Crippen LogP contribution < -0.4 is 5.32 Å². The maximum absolute atomic E-state index is 11.4. The quantitative estimate of drug-likeness (QED) is 0.564. The molecule has 0 aliphatic heterocycles. The zero-order valence-corrected chi connectivity index (χ0v) is 12.3. The van der Waals surface area contributed by atoms with Crippen LogP contribution in [0.4, 0.5) is 11.4 Å². The maximum Gasteiger partial charge on any atom is 0.271 e. The van der Waals surface area contributed by atoms with Gasteiger partial charge in [0.05, 0.1) is 22.0 Å². The number of nitro groups is 1. The summed E-state index contributed by atoms with van der Waals surface area (Å²) in [4.78, 5) is 29.2. The fourth-order valence-electron chi connectivity index (χ4n) is 2.24. The van der Waals surface area contributed by atoms with E-state index in [1.54, 1.807) is 36.4 Å². The van der Waals surface area contributed by atoms with E-state index in [0.717, 1.165) is 5.56 Å². The van der Waals surface area contributed by atoms with E-state index in [4.69, 9.17) is 5.26 Å². The molecule has 0 fully saturated rings. The topological polar surface area (TPSA) is 125 Å². The van der Waals surface area contributed by atoms with Crippen LogP contribution in [0, 0.1) is 21.4 Å². The zero-order valence-electron chi connectivity index (χ0n) is 12.3. The monoisotopic (exact) mass is 321 g/mol.